The van der Waals surface area contributed by atoms with Crippen LogP contribution < -0.4 is 10.2 Å². The summed E-state index contributed by atoms with van der Waals surface area (Å²) in [6, 6.07) is -0.792. The average Bonchev–Trinajstić information content (AvgIpc) is 3.16. The fourth-order valence-electron chi connectivity index (χ4n) is 7.63. The zero-order chi connectivity index (χ0) is 42.1. The smallest absolute Gasteiger partial charge is 0.268 e. The molecule has 2 N–H and O–H groups in total. The van der Waals surface area contributed by atoms with Gasteiger partial charge in [-0.2, -0.15) is 0 Å². The van der Waals surface area contributed by atoms with Crippen LogP contribution in [-0.2, 0) is 18.4 Å². The molecule has 0 aromatic heterocycles. The lowest BCUT2D eigenvalue weighted by molar-refractivity contribution is -0.870. The molecule has 3 unspecified atom stereocenters. The highest BCUT2D eigenvalue weighted by atomic mass is 31.2. The first-order valence-electron chi connectivity index (χ1n) is 24.9. The molecule has 8 nitrogen and oxygen atoms in total. The van der Waals surface area contributed by atoms with E-state index in [0.29, 0.717) is 23.9 Å². The molecule has 0 spiro atoms. The number of carbonyl (C=O) groups is 1. The van der Waals surface area contributed by atoms with Crippen molar-refractivity contribution >= 4 is 13.7 Å². The van der Waals surface area contributed by atoms with Crippen LogP contribution in [0.4, 0.5) is 0 Å². The standard InChI is InChI=1S/C48H99N2O6P/c1-6-8-10-12-14-16-18-19-20-21-22-23-24-25-26-27-28-29-30-32-34-36-38-40-42-48(52)49-46(45-56-57(53,54)55-44-43-50(3,4)5)47(51)41-39-37-35-33-31-17-15-13-11-9-7-2/h46-47,51H,6-45H2,1-5H3,(H-,49,52,53,54). The molecule has 342 valence electrons. The number of quaternary nitrogens is 1. The van der Waals surface area contributed by atoms with Crippen molar-refractivity contribution in [2.45, 2.75) is 264 Å². The van der Waals surface area contributed by atoms with Gasteiger partial charge in [-0.1, -0.05) is 232 Å². The molecule has 0 saturated heterocycles. The van der Waals surface area contributed by atoms with Gasteiger partial charge in [-0.05, 0) is 12.8 Å². The maximum Gasteiger partial charge on any atom is 0.268 e. The molecule has 0 heterocycles. The lowest BCUT2D eigenvalue weighted by atomic mass is 10.0. The summed E-state index contributed by atoms with van der Waals surface area (Å²) < 4.78 is 23.3. The molecule has 0 fully saturated rings. The van der Waals surface area contributed by atoms with Crippen molar-refractivity contribution in [3.05, 3.63) is 0 Å². The van der Waals surface area contributed by atoms with Gasteiger partial charge in [0, 0.05) is 6.42 Å². The molecule has 0 rings (SSSR count). The molecule has 0 aliphatic rings. The monoisotopic (exact) mass is 831 g/mol. The predicted octanol–water partition coefficient (Wildman–Crippen LogP) is 13.5. The maximum atomic E-state index is 12.9. The summed E-state index contributed by atoms with van der Waals surface area (Å²) in [4.78, 5) is 25.3. The Morgan fingerprint density at radius 1 is 0.544 bits per heavy atom. The van der Waals surface area contributed by atoms with E-state index in [2.05, 4.69) is 19.2 Å². The van der Waals surface area contributed by atoms with Crippen LogP contribution in [0.2, 0.25) is 0 Å². The Morgan fingerprint density at radius 3 is 1.19 bits per heavy atom. The van der Waals surface area contributed by atoms with E-state index in [-0.39, 0.29) is 19.1 Å². The predicted molar refractivity (Wildman–Crippen MR) is 243 cm³/mol. The Bertz CT molecular complexity index is 901. The van der Waals surface area contributed by atoms with Crippen LogP contribution in [0, 0.1) is 0 Å². The zero-order valence-electron chi connectivity index (χ0n) is 38.8. The summed E-state index contributed by atoms with van der Waals surface area (Å²) in [6.45, 7) is 4.74. The number of hydrogen-bond donors (Lipinski definition) is 2. The van der Waals surface area contributed by atoms with Crippen LogP contribution in [0.3, 0.4) is 0 Å². The molecule has 0 aromatic rings. The fourth-order valence-corrected chi connectivity index (χ4v) is 8.35. The van der Waals surface area contributed by atoms with E-state index in [1.165, 1.54) is 186 Å². The number of phosphoric ester groups is 1. The minimum Gasteiger partial charge on any atom is -0.756 e. The third-order valence-electron chi connectivity index (χ3n) is 11.6. The van der Waals surface area contributed by atoms with Crippen LogP contribution in [0.15, 0.2) is 0 Å². The summed E-state index contributed by atoms with van der Waals surface area (Å²) in [5, 5.41) is 13.9. The number of phosphoric acid groups is 1. The first-order valence-corrected chi connectivity index (χ1v) is 26.3. The van der Waals surface area contributed by atoms with Crippen LogP contribution in [0.1, 0.15) is 251 Å². The van der Waals surface area contributed by atoms with Gasteiger partial charge < -0.3 is 28.8 Å². The van der Waals surface area contributed by atoms with E-state index < -0.39 is 20.0 Å². The highest BCUT2D eigenvalue weighted by molar-refractivity contribution is 7.45. The van der Waals surface area contributed by atoms with Crippen molar-refractivity contribution in [2.24, 2.45) is 0 Å². The van der Waals surface area contributed by atoms with Gasteiger partial charge in [0.05, 0.1) is 39.9 Å². The number of aliphatic hydroxyl groups excluding tert-OH is 1. The highest BCUT2D eigenvalue weighted by Gasteiger charge is 2.24. The Hall–Kier alpha value is -0.500. The molecule has 0 aromatic carbocycles. The Kier molecular flexibility index (Phi) is 40.5. The van der Waals surface area contributed by atoms with Crippen molar-refractivity contribution < 1.29 is 32.9 Å². The summed E-state index contributed by atoms with van der Waals surface area (Å²) in [5.74, 6) is -0.160. The molecule has 0 aliphatic heterocycles. The molecule has 3 atom stereocenters. The third-order valence-corrected chi connectivity index (χ3v) is 12.6. The Morgan fingerprint density at radius 2 is 0.860 bits per heavy atom. The number of nitrogens with one attached hydrogen (secondary N) is 1. The summed E-state index contributed by atoms with van der Waals surface area (Å²) >= 11 is 0. The van der Waals surface area contributed by atoms with Crippen molar-refractivity contribution in [3.8, 4) is 0 Å². The number of carbonyl (C=O) groups excluding carboxylic acids is 1. The lowest BCUT2D eigenvalue weighted by Gasteiger charge is -2.30. The van der Waals surface area contributed by atoms with Gasteiger partial charge in [0.25, 0.3) is 7.82 Å². The van der Waals surface area contributed by atoms with Gasteiger partial charge in [-0.3, -0.25) is 9.36 Å². The van der Waals surface area contributed by atoms with Gasteiger partial charge >= 0.3 is 0 Å². The number of unbranched alkanes of at least 4 members (excludes halogenated alkanes) is 33. The lowest BCUT2D eigenvalue weighted by Crippen LogP contribution is -2.46. The molecule has 0 aliphatic carbocycles. The van der Waals surface area contributed by atoms with Crippen molar-refractivity contribution in [1.82, 2.24) is 5.32 Å². The van der Waals surface area contributed by atoms with Gasteiger partial charge in [0.15, 0.2) is 0 Å². The SMILES string of the molecule is CCCCCCCCCCCCCCCCCCCCCCCCCCC(=O)NC(COP(=O)([O-])OCC[N+](C)(C)C)C(O)CCCCCCCCCCCCC. The molecule has 0 radical (unpaired) electrons. The van der Waals surface area contributed by atoms with E-state index >= 15 is 0 Å². The molecule has 9 heteroatoms. The fraction of sp³-hybridized carbons (Fsp3) is 0.979. The molecular formula is C48H99N2O6P. The largest absolute Gasteiger partial charge is 0.756 e. The summed E-state index contributed by atoms with van der Waals surface area (Å²) in [7, 11) is 1.32. The first-order chi connectivity index (χ1) is 27.5. The topological polar surface area (TPSA) is 108 Å². The van der Waals surface area contributed by atoms with Crippen molar-refractivity contribution in [2.75, 3.05) is 40.9 Å². The van der Waals surface area contributed by atoms with Crippen LogP contribution in [0.5, 0.6) is 0 Å². The zero-order valence-corrected chi connectivity index (χ0v) is 39.7. The normalized spacial score (nSPS) is 14.2. The maximum absolute atomic E-state index is 12.9. The summed E-state index contributed by atoms with van der Waals surface area (Å²) in [5.41, 5.74) is 0. The molecule has 57 heavy (non-hydrogen) atoms. The van der Waals surface area contributed by atoms with E-state index in [9.17, 15) is 19.4 Å². The molecule has 1 amide bonds. The third kappa shape index (κ3) is 43.4. The molecular weight excluding hydrogens is 732 g/mol. The number of rotatable bonds is 46. The van der Waals surface area contributed by atoms with E-state index in [0.717, 1.165) is 38.5 Å². The first kappa shape index (κ1) is 56.5. The van der Waals surface area contributed by atoms with Crippen LogP contribution in [-0.4, -0.2) is 68.5 Å². The van der Waals surface area contributed by atoms with Crippen LogP contribution >= 0.6 is 7.82 Å². The average molecular weight is 831 g/mol. The number of likely N-dealkylation sites (N-methyl/N-ethyl adjacent to an activating group) is 1. The van der Waals surface area contributed by atoms with E-state index in [1.807, 2.05) is 21.1 Å². The second-order valence-electron chi connectivity index (χ2n) is 18.5. The summed E-state index contributed by atoms with van der Waals surface area (Å²) in [6.07, 6.45) is 45.5. The van der Waals surface area contributed by atoms with E-state index in [1.54, 1.807) is 0 Å². The Labute approximate surface area is 355 Å². The van der Waals surface area contributed by atoms with Crippen molar-refractivity contribution in [3.63, 3.8) is 0 Å². The number of amides is 1. The van der Waals surface area contributed by atoms with Gasteiger partial charge in [-0.15, -0.1) is 0 Å². The molecule has 0 bridgehead atoms. The number of nitrogens with zero attached hydrogens (tertiary/aromatic N) is 1. The number of aliphatic hydroxyl groups is 1. The second kappa shape index (κ2) is 40.9. The highest BCUT2D eigenvalue weighted by Crippen LogP contribution is 2.38. The molecule has 0 saturated carbocycles. The Balaban J connectivity index is 4.10. The van der Waals surface area contributed by atoms with Gasteiger partial charge in [0.1, 0.15) is 13.2 Å². The minimum absolute atomic E-state index is 0.0160. The van der Waals surface area contributed by atoms with Crippen molar-refractivity contribution in [1.29, 1.82) is 0 Å². The minimum atomic E-state index is -4.56. The quantitative estimate of drug-likeness (QED) is 0.0359. The van der Waals surface area contributed by atoms with Crippen LogP contribution in [0.25, 0.3) is 0 Å². The number of hydrogen-bond acceptors (Lipinski definition) is 6. The van der Waals surface area contributed by atoms with Gasteiger partial charge in [-0.25, -0.2) is 0 Å². The van der Waals surface area contributed by atoms with Gasteiger partial charge in [0.2, 0.25) is 5.91 Å². The second-order valence-corrected chi connectivity index (χ2v) is 19.9. The van der Waals surface area contributed by atoms with E-state index in [4.69, 9.17) is 9.05 Å².